The van der Waals surface area contributed by atoms with E-state index < -0.39 is 5.97 Å². The molecule has 3 aliphatic heterocycles. The topological polar surface area (TPSA) is 97.8 Å². The number of aromatic carboxylic acids is 1. The summed E-state index contributed by atoms with van der Waals surface area (Å²) in [6.45, 7) is 13.1. The molecule has 1 atom stereocenters. The number of morpholine rings is 2. The number of ether oxygens (including phenoxy) is 2. The predicted octanol–water partition coefficient (Wildman–Crippen LogP) is 4.35. The van der Waals surface area contributed by atoms with E-state index in [1.165, 1.54) is 22.4 Å². The van der Waals surface area contributed by atoms with Crippen LogP contribution in [0.4, 0.5) is 17.1 Å². The van der Waals surface area contributed by atoms with Crippen molar-refractivity contribution in [2.24, 2.45) is 0 Å². The van der Waals surface area contributed by atoms with Gasteiger partial charge in [0, 0.05) is 81.0 Å². The van der Waals surface area contributed by atoms with Crippen molar-refractivity contribution >= 4 is 28.9 Å². The predicted molar refractivity (Wildman–Crippen MR) is 195 cm³/mol. The average molecular weight is 670 g/mol. The third kappa shape index (κ3) is 8.73. The summed E-state index contributed by atoms with van der Waals surface area (Å²) in [4.78, 5) is 33.2. The number of benzene rings is 3. The molecular formula is C39H51N5O5. The molecule has 3 fully saturated rings. The lowest BCUT2D eigenvalue weighted by molar-refractivity contribution is 0.0696. The van der Waals surface area contributed by atoms with Crippen molar-refractivity contribution in [3.05, 3.63) is 88.5 Å². The summed E-state index contributed by atoms with van der Waals surface area (Å²) in [5.41, 5.74) is 9.13. The molecule has 0 saturated carbocycles. The summed E-state index contributed by atoms with van der Waals surface area (Å²) < 4.78 is 10.7. The second-order valence-electron chi connectivity index (χ2n) is 13.4. The Morgan fingerprint density at radius 2 is 1.27 bits per heavy atom. The second-order valence-corrected chi connectivity index (χ2v) is 13.4. The first kappa shape index (κ1) is 34.7. The SMILES string of the molecule is CCc1ccc(N2CCN(C)CC2)c2c1CC[C@@H](NC(=O)c1ccc(N3CCOCC3)cc1)C2.O=C(O)c1ccc(N2CCOCC2)cc1. The number of likely N-dealkylation sites (N-methyl/N-ethyl adjacent to an activating group) is 1. The average Bonchev–Trinajstić information content (AvgIpc) is 3.16. The zero-order valence-corrected chi connectivity index (χ0v) is 29.0. The summed E-state index contributed by atoms with van der Waals surface area (Å²) in [5, 5.41) is 12.1. The van der Waals surface area contributed by atoms with Gasteiger partial charge in [0.25, 0.3) is 5.91 Å². The van der Waals surface area contributed by atoms with Crippen LogP contribution in [0.25, 0.3) is 0 Å². The molecule has 3 saturated heterocycles. The maximum absolute atomic E-state index is 13.1. The van der Waals surface area contributed by atoms with Gasteiger partial charge in [0.2, 0.25) is 0 Å². The Hall–Kier alpha value is -4.12. The summed E-state index contributed by atoms with van der Waals surface area (Å²) in [7, 11) is 2.20. The van der Waals surface area contributed by atoms with Crippen LogP contribution in [0.3, 0.4) is 0 Å². The van der Waals surface area contributed by atoms with Crippen molar-refractivity contribution in [3.63, 3.8) is 0 Å². The number of hydrogen-bond donors (Lipinski definition) is 2. The van der Waals surface area contributed by atoms with E-state index in [9.17, 15) is 9.59 Å². The molecule has 10 nitrogen and oxygen atoms in total. The van der Waals surface area contributed by atoms with Gasteiger partial charge in [0.05, 0.1) is 32.0 Å². The lowest BCUT2D eigenvalue weighted by Gasteiger charge is -2.38. The minimum atomic E-state index is -0.886. The van der Waals surface area contributed by atoms with Crippen molar-refractivity contribution in [2.45, 2.75) is 38.6 Å². The van der Waals surface area contributed by atoms with Gasteiger partial charge in [-0.15, -0.1) is 0 Å². The smallest absolute Gasteiger partial charge is 0.335 e. The Balaban J connectivity index is 0.000000232. The van der Waals surface area contributed by atoms with Crippen LogP contribution in [0.2, 0.25) is 0 Å². The van der Waals surface area contributed by atoms with Crippen molar-refractivity contribution in [3.8, 4) is 0 Å². The molecular weight excluding hydrogens is 618 g/mol. The largest absolute Gasteiger partial charge is 0.478 e. The molecule has 1 amide bonds. The number of carboxylic acids is 1. The van der Waals surface area contributed by atoms with E-state index in [1.807, 2.05) is 24.3 Å². The first-order chi connectivity index (χ1) is 23.9. The van der Waals surface area contributed by atoms with Crippen LogP contribution < -0.4 is 20.0 Å². The van der Waals surface area contributed by atoms with Crippen LogP contribution in [0.5, 0.6) is 0 Å². The highest BCUT2D eigenvalue weighted by molar-refractivity contribution is 5.94. The number of amides is 1. The molecule has 0 spiro atoms. The van der Waals surface area contributed by atoms with E-state index in [-0.39, 0.29) is 11.9 Å². The van der Waals surface area contributed by atoms with E-state index in [0.717, 1.165) is 121 Å². The van der Waals surface area contributed by atoms with Crippen molar-refractivity contribution in [1.29, 1.82) is 0 Å². The highest BCUT2D eigenvalue weighted by Crippen LogP contribution is 2.34. The number of nitrogens with one attached hydrogen (secondary N) is 1. The molecule has 1 aliphatic carbocycles. The quantitative estimate of drug-likeness (QED) is 0.381. The Bertz CT molecular complexity index is 1540. The third-order valence-electron chi connectivity index (χ3n) is 10.3. The number of aryl methyl sites for hydroxylation is 1. The molecule has 3 aromatic rings. The summed E-state index contributed by atoms with van der Waals surface area (Å²) in [6.07, 6.45) is 4.03. The fourth-order valence-corrected chi connectivity index (χ4v) is 7.28. The maximum Gasteiger partial charge on any atom is 0.335 e. The van der Waals surface area contributed by atoms with Gasteiger partial charge in [-0.1, -0.05) is 13.0 Å². The summed E-state index contributed by atoms with van der Waals surface area (Å²) >= 11 is 0. The van der Waals surface area contributed by atoms with Crippen LogP contribution in [0.1, 0.15) is 50.8 Å². The molecule has 7 rings (SSSR count). The summed E-state index contributed by atoms with van der Waals surface area (Å²) in [6, 6.07) is 19.8. The minimum Gasteiger partial charge on any atom is -0.478 e. The van der Waals surface area contributed by atoms with Gasteiger partial charge in [-0.2, -0.15) is 0 Å². The number of piperazine rings is 1. The summed E-state index contributed by atoms with van der Waals surface area (Å²) in [5.74, 6) is -0.849. The maximum atomic E-state index is 13.1. The van der Waals surface area contributed by atoms with Gasteiger partial charge in [0.1, 0.15) is 0 Å². The normalized spacial score (nSPS) is 19.8. The van der Waals surface area contributed by atoms with Gasteiger partial charge >= 0.3 is 5.97 Å². The molecule has 4 aliphatic rings. The molecule has 3 heterocycles. The van der Waals surface area contributed by atoms with Crippen LogP contribution >= 0.6 is 0 Å². The number of carbonyl (C=O) groups is 2. The van der Waals surface area contributed by atoms with Gasteiger partial charge in [-0.3, -0.25) is 4.79 Å². The number of fused-ring (bicyclic) bond motifs is 1. The van der Waals surface area contributed by atoms with Crippen LogP contribution in [-0.2, 0) is 28.7 Å². The van der Waals surface area contributed by atoms with E-state index in [4.69, 9.17) is 14.6 Å². The van der Waals surface area contributed by atoms with Gasteiger partial charge < -0.3 is 39.5 Å². The Morgan fingerprint density at radius 1 is 0.714 bits per heavy atom. The highest BCUT2D eigenvalue weighted by Gasteiger charge is 2.27. The molecule has 262 valence electrons. The van der Waals surface area contributed by atoms with E-state index in [1.54, 1.807) is 12.1 Å². The fourth-order valence-electron chi connectivity index (χ4n) is 7.28. The Morgan fingerprint density at radius 3 is 1.80 bits per heavy atom. The standard InChI is InChI=1S/C28H38N4O2.C11H13NO3/c1-3-21-6-11-27(32-14-12-30(2)13-15-32)26-20-23(7-10-25(21)26)29-28(33)22-4-8-24(9-5-22)31-16-18-34-19-17-31;13-11(14)9-1-3-10(4-2-9)12-5-7-15-8-6-12/h4-6,8-9,11,23H,3,7,10,12-20H2,1-2H3,(H,29,33);1-4H,5-8H2,(H,13,14)/t23-;/m1./s1. The highest BCUT2D eigenvalue weighted by atomic mass is 16.5. The molecule has 3 aromatic carbocycles. The third-order valence-corrected chi connectivity index (χ3v) is 10.3. The molecule has 0 bridgehead atoms. The first-order valence-electron chi connectivity index (χ1n) is 17.9. The van der Waals surface area contributed by atoms with E-state index in [0.29, 0.717) is 5.56 Å². The first-order valence-corrected chi connectivity index (χ1v) is 17.9. The van der Waals surface area contributed by atoms with E-state index >= 15 is 0 Å². The van der Waals surface area contributed by atoms with Crippen molar-refractivity contribution in [1.82, 2.24) is 10.2 Å². The Kier molecular flexibility index (Phi) is 11.7. The molecule has 10 heteroatoms. The van der Waals surface area contributed by atoms with E-state index in [2.05, 4.69) is 63.2 Å². The molecule has 2 N–H and O–H groups in total. The van der Waals surface area contributed by atoms with Gasteiger partial charge in [-0.05, 0) is 104 Å². The second kappa shape index (κ2) is 16.5. The van der Waals surface area contributed by atoms with Gasteiger partial charge in [0.15, 0.2) is 0 Å². The van der Waals surface area contributed by atoms with Crippen LogP contribution in [0, 0.1) is 0 Å². The zero-order chi connectivity index (χ0) is 34.2. The number of hydrogen-bond acceptors (Lipinski definition) is 8. The van der Waals surface area contributed by atoms with Crippen LogP contribution in [-0.4, -0.2) is 114 Å². The monoisotopic (exact) mass is 669 g/mol. The fraction of sp³-hybridized carbons (Fsp3) is 0.487. The number of nitrogens with zero attached hydrogens (tertiary/aromatic N) is 4. The number of rotatable bonds is 7. The molecule has 0 unspecified atom stereocenters. The zero-order valence-electron chi connectivity index (χ0n) is 29.0. The molecule has 0 radical (unpaired) electrons. The van der Waals surface area contributed by atoms with Crippen LogP contribution in [0.15, 0.2) is 60.7 Å². The molecule has 0 aromatic heterocycles. The van der Waals surface area contributed by atoms with Gasteiger partial charge in [-0.25, -0.2) is 4.79 Å². The van der Waals surface area contributed by atoms with Crippen molar-refractivity contribution < 1.29 is 24.2 Å². The number of carboxylic acid groups (broad SMARTS) is 1. The Labute approximate surface area is 290 Å². The minimum absolute atomic E-state index is 0.0368. The molecule has 49 heavy (non-hydrogen) atoms. The van der Waals surface area contributed by atoms with Crippen molar-refractivity contribution in [2.75, 3.05) is 101 Å². The number of carbonyl (C=O) groups excluding carboxylic acids is 1. The lowest BCUT2D eigenvalue weighted by atomic mass is 9.83. The lowest BCUT2D eigenvalue weighted by Crippen LogP contribution is -2.45. The number of anilines is 3.